The first-order valence-electron chi connectivity index (χ1n) is 8.08. The molecule has 0 aliphatic carbocycles. The molecule has 0 spiro atoms. The number of hydrogen-bond donors (Lipinski definition) is 1. The summed E-state index contributed by atoms with van der Waals surface area (Å²) in [6.45, 7) is 2.46. The van der Waals surface area contributed by atoms with Gasteiger partial charge < -0.3 is 10.2 Å². The van der Waals surface area contributed by atoms with Gasteiger partial charge in [0.15, 0.2) is 0 Å². The summed E-state index contributed by atoms with van der Waals surface area (Å²) in [7, 11) is 1.85. The molecule has 1 N–H and O–H groups in total. The summed E-state index contributed by atoms with van der Waals surface area (Å²) in [5.74, 6) is -1.14. The molecule has 1 fully saturated rings. The molecule has 1 unspecified atom stereocenters. The van der Waals surface area contributed by atoms with Crippen molar-refractivity contribution in [2.75, 3.05) is 11.9 Å². The van der Waals surface area contributed by atoms with E-state index in [1.165, 1.54) is 6.20 Å². The Hall–Kier alpha value is -2.70. The van der Waals surface area contributed by atoms with E-state index >= 15 is 0 Å². The van der Waals surface area contributed by atoms with Gasteiger partial charge in [-0.05, 0) is 43.9 Å². The van der Waals surface area contributed by atoms with Gasteiger partial charge in [-0.3, -0.25) is 19.3 Å². The standard InChI is InChI=1S/C17H21N5O2/c1-12-9-13(11-18-10-12)20-16(23)17(24)22-8-4-3-5-15(22)14-6-7-19-21(14)2/h6-7,9-11,15H,3-5,8H2,1-2H3,(H,20,23). The first kappa shape index (κ1) is 16.2. The number of hydrogen-bond acceptors (Lipinski definition) is 4. The van der Waals surface area contributed by atoms with Crippen LogP contribution in [0.15, 0.2) is 30.7 Å². The zero-order valence-corrected chi connectivity index (χ0v) is 13.9. The smallest absolute Gasteiger partial charge is 0.313 e. The molecule has 24 heavy (non-hydrogen) atoms. The lowest BCUT2D eigenvalue weighted by molar-refractivity contribution is -0.146. The van der Waals surface area contributed by atoms with Crippen LogP contribution in [0.3, 0.4) is 0 Å². The minimum absolute atomic E-state index is 0.111. The van der Waals surface area contributed by atoms with Crippen LogP contribution in [-0.2, 0) is 16.6 Å². The molecule has 2 aromatic rings. The third kappa shape index (κ3) is 3.29. The molecule has 0 aromatic carbocycles. The van der Waals surface area contributed by atoms with E-state index < -0.39 is 11.8 Å². The molecular formula is C17H21N5O2. The van der Waals surface area contributed by atoms with Crippen LogP contribution in [0.1, 0.15) is 36.6 Å². The molecule has 2 amide bonds. The van der Waals surface area contributed by atoms with Crippen molar-refractivity contribution >= 4 is 17.5 Å². The van der Waals surface area contributed by atoms with Gasteiger partial charge in [-0.2, -0.15) is 5.10 Å². The van der Waals surface area contributed by atoms with Crippen molar-refractivity contribution in [2.24, 2.45) is 7.05 Å². The Morgan fingerprint density at radius 2 is 2.12 bits per heavy atom. The second-order valence-corrected chi connectivity index (χ2v) is 6.09. The van der Waals surface area contributed by atoms with Gasteiger partial charge in [-0.1, -0.05) is 0 Å². The molecule has 0 bridgehead atoms. The number of aromatic nitrogens is 3. The lowest BCUT2D eigenvalue weighted by atomic mass is 9.99. The van der Waals surface area contributed by atoms with Crippen molar-refractivity contribution in [1.82, 2.24) is 19.7 Å². The number of rotatable bonds is 2. The lowest BCUT2D eigenvalue weighted by Gasteiger charge is -2.35. The van der Waals surface area contributed by atoms with Gasteiger partial charge in [0.2, 0.25) is 0 Å². The van der Waals surface area contributed by atoms with Gasteiger partial charge in [0, 0.05) is 26.0 Å². The molecule has 1 aliphatic rings. The molecular weight excluding hydrogens is 306 g/mol. The number of likely N-dealkylation sites (tertiary alicyclic amines) is 1. The van der Waals surface area contributed by atoms with Crippen molar-refractivity contribution in [3.8, 4) is 0 Å². The number of nitrogens with zero attached hydrogens (tertiary/aromatic N) is 4. The zero-order chi connectivity index (χ0) is 17.1. The minimum Gasteiger partial charge on any atom is -0.326 e. The quantitative estimate of drug-likeness (QED) is 0.853. The van der Waals surface area contributed by atoms with E-state index in [-0.39, 0.29) is 6.04 Å². The van der Waals surface area contributed by atoms with E-state index in [1.54, 1.807) is 28.0 Å². The van der Waals surface area contributed by atoms with E-state index in [2.05, 4.69) is 15.4 Å². The van der Waals surface area contributed by atoms with Gasteiger partial charge in [0.25, 0.3) is 0 Å². The van der Waals surface area contributed by atoms with Crippen LogP contribution in [-0.4, -0.2) is 38.0 Å². The molecule has 126 valence electrons. The van der Waals surface area contributed by atoms with E-state index in [0.29, 0.717) is 12.2 Å². The number of pyridine rings is 1. The van der Waals surface area contributed by atoms with Gasteiger partial charge in [-0.15, -0.1) is 0 Å². The predicted octanol–water partition coefficient (Wildman–Crippen LogP) is 1.82. The summed E-state index contributed by atoms with van der Waals surface area (Å²) in [4.78, 5) is 30.7. The number of carbonyl (C=O) groups excluding carboxylic acids is 2. The van der Waals surface area contributed by atoms with Gasteiger partial charge in [-0.25, -0.2) is 0 Å². The number of piperidine rings is 1. The minimum atomic E-state index is -0.628. The summed E-state index contributed by atoms with van der Waals surface area (Å²) < 4.78 is 1.76. The summed E-state index contributed by atoms with van der Waals surface area (Å²) in [5.41, 5.74) is 2.40. The Kier molecular flexibility index (Phi) is 4.59. The molecule has 0 radical (unpaired) electrons. The summed E-state index contributed by atoms with van der Waals surface area (Å²) in [6, 6.07) is 3.58. The molecule has 1 aliphatic heterocycles. The molecule has 3 heterocycles. The fourth-order valence-electron chi connectivity index (χ4n) is 3.13. The Bertz CT molecular complexity index is 755. The highest BCUT2D eigenvalue weighted by atomic mass is 16.2. The predicted molar refractivity (Wildman–Crippen MR) is 89.1 cm³/mol. The highest BCUT2D eigenvalue weighted by Gasteiger charge is 2.33. The highest BCUT2D eigenvalue weighted by molar-refractivity contribution is 6.39. The average molecular weight is 327 g/mol. The van der Waals surface area contributed by atoms with E-state index in [4.69, 9.17) is 0 Å². The molecule has 1 atom stereocenters. The average Bonchev–Trinajstić information content (AvgIpc) is 3.00. The van der Waals surface area contributed by atoms with Crippen molar-refractivity contribution in [1.29, 1.82) is 0 Å². The van der Waals surface area contributed by atoms with E-state index in [9.17, 15) is 9.59 Å². The Morgan fingerprint density at radius 3 is 2.83 bits per heavy atom. The molecule has 1 saturated heterocycles. The summed E-state index contributed by atoms with van der Waals surface area (Å²) in [5, 5.41) is 6.82. The van der Waals surface area contributed by atoms with Crippen molar-refractivity contribution in [2.45, 2.75) is 32.2 Å². The van der Waals surface area contributed by atoms with Crippen LogP contribution in [0.2, 0.25) is 0 Å². The van der Waals surface area contributed by atoms with Gasteiger partial charge >= 0.3 is 11.8 Å². The molecule has 7 nitrogen and oxygen atoms in total. The molecule has 2 aromatic heterocycles. The van der Waals surface area contributed by atoms with Gasteiger partial charge in [0.05, 0.1) is 23.6 Å². The second-order valence-electron chi connectivity index (χ2n) is 6.09. The van der Waals surface area contributed by atoms with Gasteiger partial charge in [0.1, 0.15) is 0 Å². The maximum atomic E-state index is 12.7. The first-order valence-corrected chi connectivity index (χ1v) is 8.08. The van der Waals surface area contributed by atoms with Crippen LogP contribution >= 0.6 is 0 Å². The molecule has 7 heteroatoms. The SMILES string of the molecule is Cc1cncc(NC(=O)C(=O)N2CCCCC2c2ccnn2C)c1. The fourth-order valence-corrected chi connectivity index (χ4v) is 3.13. The van der Waals surface area contributed by atoms with Crippen LogP contribution < -0.4 is 5.32 Å². The maximum absolute atomic E-state index is 12.7. The normalized spacial score (nSPS) is 17.6. The largest absolute Gasteiger partial charge is 0.326 e. The lowest BCUT2D eigenvalue weighted by Crippen LogP contribution is -2.44. The van der Waals surface area contributed by atoms with Crippen molar-refractivity contribution in [3.05, 3.63) is 42.0 Å². The number of amides is 2. The van der Waals surface area contributed by atoms with Crippen molar-refractivity contribution in [3.63, 3.8) is 0 Å². The topological polar surface area (TPSA) is 80.1 Å². The molecule has 3 rings (SSSR count). The summed E-state index contributed by atoms with van der Waals surface area (Å²) in [6.07, 6.45) is 7.71. The zero-order valence-electron chi connectivity index (χ0n) is 13.9. The maximum Gasteiger partial charge on any atom is 0.313 e. The Labute approximate surface area is 140 Å². The third-order valence-corrected chi connectivity index (χ3v) is 4.29. The Morgan fingerprint density at radius 1 is 1.29 bits per heavy atom. The van der Waals surface area contributed by atoms with Crippen LogP contribution in [0.4, 0.5) is 5.69 Å². The number of anilines is 1. The number of carbonyl (C=O) groups is 2. The Balaban J connectivity index is 1.76. The van der Waals surface area contributed by atoms with Crippen LogP contribution in [0.5, 0.6) is 0 Å². The van der Waals surface area contributed by atoms with E-state index in [1.807, 2.05) is 20.0 Å². The summed E-state index contributed by atoms with van der Waals surface area (Å²) >= 11 is 0. The second kappa shape index (κ2) is 6.82. The highest BCUT2D eigenvalue weighted by Crippen LogP contribution is 2.30. The first-order chi connectivity index (χ1) is 11.6. The molecule has 0 saturated carbocycles. The van der Waals surface area contributed by atoms with Crippen LogP contribution in [0.25, 0.3) is 0 Å². The van der Waals surface area contributed by atoms with E-state index in [0.717, 1.165) is 30.5 Å². The number of aryl methyl sites for hydroxylation is 2. The van der Waals surface area contributed by atoms with Crippen molar-refractivity contribution < 1.29 is 9.59 Å². The third-order valence-electron chi connectivity index (χ3n) is 4.29. The van der Waals surface area contributed by atoms with Crippen LogP contribution in [0, 0.1) is 6.92 Å². The fraction of sp³-hybridized carbons (Fsp3) is 0.412. The number of nitrogens with one attached hydrogen (secondary N) is 1. The monoisotopic (exact) mass is 327 g/mol.